The molecule has 206 valence electrons. The Kier molecular flexibility index (Phi) is 4.69. The van der Waals surface area contributed by atoms with Gasteiger partial charge in [0.15, 0.2) is 5.58 Å². The molecule has 4 heterocycles. The summed E-state index contributed by atoms with van der Waals surface area (Å²) in [4.78, 5) is 0. The lowest BCUT2D eigenvalue weighted by molar-refractivity contribution is 0.673. The summed E-state index contributed by atoms with van der Waals surface area (Å²) in [6.07, 6.45) is 0. The Morgan fingerprint density at radius 2 is 0.886 bits per heavy atom. The number of hydrogen-bond donors (Lipinski definition) is 0. The summed E-state index contributed by atoms with van der Waals surface area (Å²) in [5, 5.41) is 5.98. The van der Waals surface area contributed by atoms with E-state index in [9.17, 15) is 0 Å². The standard InChI is InChI=1S/C40H25N3O/c1-2-13-26(14-3-1)42-33-21-8-4-17-29(33)37-30-18-5-9-22-34(30)43(40(37)42)28-16-12-15-27(25-28)41-35-23-10-6-19-31(35)39-38(41)32-20-7-11-24-36(32)44-39/h1-25H. The van der Waals surface area contributed by atoms with Gasteiger partial charge in [-0.15, -0.1) is 0 Å². The van der Waals surface area contributed by atoms with E-state index in [1.165, 1.54) is 27.2 Å². The van der Waals surface area contributed by atoms with Crippen molar-refractivity contribution in [1.82, 2.24) is 13.7 Å². The van der Waals surface area contributed by atoms with Gasteiger partial charge in [0.2, 0.25) is 0 Å². The van der Waals surface area contributed by atoms with E-state index in [1.807, 2.05) is 6.07 Å². The zero-order chi connectivity index (χ0) is 28.8. The van der Waals surface area contributed by atoms with Crippen molar-refractivity contribution >= 4 is 65.8 Å². The van der Waals surface area contributed by atoms with Gasteiger partial charge >= 0.3 is 0 Å². The van der Waals surface area contributed by atoms with E-state index in [4.69, 9.17) is 4.42 Å². The van der Waals surface area contributed by atoms with E-state index in [1.54, 1.807) is 0 Å². The maximum Gasteiger partial charge on any atom is 0.161 e. The number of fused-ring (bicyclic) bond motifs is 10. The fraction of sp³-hybridized carbons (Fsp3) is 0. The highest BCUT2D eigenvalue weighted by atomic mass is 16.3. The Morgan fingerprint density at radius 1 is 0.386 bits per heavy atom. The third-order valence-electron chi connectivity index (χ3n) is 9.02. The molecule has 0 unspecified atom stereocenters. The van der Waals surface area contributed by atoms with E-state index in [0.29, 0.717) is 0 Å². The van der Waals surface area contributed by atoms with Crippen LogP contribution in [-0.4, -0.2) is 13.7 Å². The van der Waals surface area contributed by atoms with Crippen LogP contribution in [-0.2, 0) is 0 Å². The summed E-state index contributed by atoms with van der Waals surface area (Å²) < 4.78 is 13.6. The quantitative estimate of drug-likeness (QED) is 0.210. The van der Waals surface area contributed by atoms with E-state index >= 15 is 0 Å². The monoisotopic (exact) mass is 563 g/mol. The zero-order valence-corrected chi connectivity index (χ0v) is 23.7. The van der Waals surface area contributed by atoms with Crippen LogP contribution in [0.3, 0.4) is 0 Å². The Balaban J connectivity index is 1.34. The van der Waals surface area contributed by atoms with Crippen molar-refractivity contribution in [2.75, 3.05) is 0 Å². The van der Waals surface area contributed by atoms with Gasteiger partial charge in [-0.25, -0.2) is 0 Å². The van der Waals surface area contributed by atoms with Gasteiger partial charge < -0.3 is 8.98 Å². The fourth-order valence-electron chi connectivity index (χ4n) is 7.25. The van der Waals surface area contributed by atoms with Crippen molar-refractivity contribution < 1.29 is 4.42 Å². The molecule has 44 heavy (non-hydrogen) atoms. The Bertz CT molecular complexity index is 2710. The van der Waals surface area contributed by atoms with E-state index in [2.05, 4.69) is 159 Å². The third kappa shape index (κ3) is 3.06. The predicted octanol–water partition coefficient (Wildman–Crippen LogP) is 10.6. The lowest BCUT2D eigenvalue weighted by Crippen LogP contribution is -2.02. The minimum atomic E-state index is 0.902. The van der Waals surface area contributed by atoms with Gasteiger partial charge in [-0.1, -0.05) is 84.9 Å². The average molecular weight is 564 g/mol. The van der Waals surface area contributed by atoms with Crippen LogP contribution in [0.15, 0.2) is 156 Å². The molecule has 0 atom stereocenters. The molecule has 0 aliphatic carbocycles. The second-order valence-corrected chi connectivity index (χ2v) is 11.4. The highest BCUT2D eigenvalue weighted by Gasteiger charge is 2.23. The predicted molar refractivity (Wildman–Crippen MR) is 182 cm³/mol. The van der Waals surface area contributed by atoms with Crippen LogP contribution in [0.2, 0.25) is 0 Å². The summed E-state index contributed by atoms with van der Waals surface area (Å²) in [7, 11) is 0. The van der Waals surface area contributed by atoms with Crippen molar-refractivity contribution in [3.8, 4) is 17.1 Å². The lowest BCUT2D eigenvalue weighted by Gasteiger charge is -2.15. The number of para-hydroxylation sites is 5. The molecular weight excluding hydrogens is 538 g/mol. The minimum Gasteiger partial charge on any atom is -0.454 e. The van der Waals surface area contributed by atoms with Crippen LogP contribution < -0.4 is 0 Å². The summed E-state index contributed by atoms with van der Waals surface area (Å²) >= 11 is 0. The van der Waals surface area contributed by atoms with Crippen LogP contribution in [0, 0.1) is 0 Å². The summed E-state index contributed by atoms with van der Waals surface area (Å²) in [6.45, 7) is 0. The van der Waals surface area contributed by atoms with Gasteiger partial charge in [0.1, 0.15) is 16.7 Å². The zero-order valence-electron chi connectivity index (χ0n) is 23.7. The maximum atomic E-state index is 6.45. The van der Waals surface area contributed by atoms with Gasteiger partial charge in [-0.3, -0.25) is 9.13 Å². The van der Waals surface area contributed by atoms with Crippen molar-refractivity contribution in [3.63, 3.8) is 0 Å². The number of benzene rings is 6. The molecule has 0 bridgehead atoms. The van der Waals surface area contributed by atoms with Gasteiger partial charge in [0, 0.05) is 44.0 Å². The number of aromatic nitrogens is 3. The molecule has 0 saturated carbocycles. The highest BCUT2D eigenvalue weighted by Crippen LogP contribution is 2.42. The van der Waals surface area contributed by atoms with Crippen LogP contribution >= 0.6 is 0 Å². The van der Waals surface area contributed by atoms with E-state index in [-0.39, 0.29) is 0 Å². The van der Waals surface area contributed by atoms with E-state index in [0.717, 1.165) is 55.7 Å². The first kappa shape index (κ1) is 23.6. The van der Waals surface area contributed by atoms with Gasteiger partial charge in [-0.05, 0) is 66.7 Å². The molecule has 0 fully saturated rings. The fourth-order valence-corrected chi connectivity index (χ4v) is 7.25. The van der Waals surface area contributed by atoms with Crippen LogP contribution in [0.5, 0.6) is 0 Å². The van der Waals surface area contributed by atoms with Crippen molar-refractivity contribution in [3.05, 3.63) is 152 Å². The molecule has 4 aromatic heterocycles. The van der Waals surface area contributed by atoms with E-state index < -0.39 is 0 Å². The lowest BCUT2D eigenvalue weighted by atomic mass is 10.1. The molecule has 0 aliphatic rings. The van der Waals surface area contributed by atoms with Crippen LogP contribution in [0.25, 0.3) is 82.9 Å². The Morgan fingerprint density at radius 3 is 1.59 bits per heavy atom. The number of furan rings is 1. The molecule has 4 heteroatoms. The Labute approximate surface area is 252 Å². The molecule has 10 rings (SSSR count). The SMILES string of the molecule is c1ccc(-n2c3ccccc3c3c4ccccc4n(-c4cccc(-n5c6ccccc6c6oc7ccccc7c65)c4)c32)cc1. The molecule has 0 radical (unpaired) electrons. The first-order chi connectivity index (χ1) is 21.9. The number of hydrogen-bond acceptors (Lipinski definition) is 1. The maximum absolute atomic E-state index is 6.45. The molecule has 0 amide bonds. The molecule has 0 aliphatic heterocycles. The average Bonchev–Trinajstić information content (AvgIpc) is 3.81. The van der Waals surface area contributed by atoms with Crippen molar-refractivity contribution in [1.29, 1.82) is 0 Å². The molecule has 4 nitrogen and oxygen atoms in total. The minimum absolute atomic E-state index is 0.902. The third-order valence-corrected chi connectivity index (χ3v) is 9.02. The highest BCUT2D eigenvalue weighted by molar-refractivity contribution is 6.22. The van der Waals surface area contributed by atoms with Gasteiger partial charge in [-0.2, -0.15) is 0 Å². The topological polar surface area (TPSA) is 27.9 Å². The summed E-state index contributed by atoms with van der Waals surface area (Å²) in [5.74, 6) is 0. The molecule has 0 saturated heterocycles. The largest absolute Gasteiger partial charge is 0.454 e. The molecule has 0 N–H and O–H groups in total. The summed E-state index contributed by atoms with van der Waals surface area (Å²) in [5.41, 5.74) is 10.9. The molecule has 6 aromatic carbocycles. The normalized spacial score (nSPS) is 12.1. The van der Waals surface area contributed by atoms with Crippen molar-refractivity contribution in [2.45, 2.75) is 0 Å². The second-order valence-electron chi connectivity index (χ2n) is 11.4. The smallest absolute Gasteiger partial charge is 0.161 e. The van der Waals surface area contributed by atoms with Gasteiger partial charge in [0.05, 0.1) is 16.6 Å². The first-order valence-electron chi connectivity index (χ1n) is 15.0. The first-order valence-corrected chi connectivity index (χ1v) is 15.0. The second kappa shape index (κ2) is 8.76. The molecular formula is C40H25N3O. The van der Waals surface area contributed by atoms with Crippen LogP contribution in [0.4, 0.5) is 0 Å². The molecule has 10 aromatic rings. The summed E-state index contributed by atoms with van der Waals surface area (Å²) in [6, 6.07) is 53.9. The van der Waals surface area contributed by atoms with Crippen molar-refractivity contribution in [2.24, 2.45) is 0 Å². The van der Waals surface area contributed by atoms with Crippen LogP contribution in [0.1, 0.15) is 0 Å². The molecule has 0 spiro atoms. The number of rotatable bonds is 3. The van der Waals surface area contributed by atoms with Gasteiger partial charge in [0.25, 0.3) is 0 Å². The Hall–Kier alpha value is -6.00. The number of nitrogens with zero attached hydrogens (tertiary/aromatic N) is 3.